The number of hydrogen-bond donors (Lipinski definition) is 4. The molecule has 26 heavy (non-hydrogen) atoms. The molecule has 0 aliphatic rings. The number of carbonyl (C=O) groups excluding carboxylic acids is 1. The molecule has 0 saturated heterocycles. The van der Waals surface area contributed by atoms with Gasteiger partial charge in [0.2, 0.25) is 5.88 Å². The maximum atomic E-state index is 12.2. The van der Waals surface area contributed by atoms with Crippen LogP contribution >= 0.6 is 70.4 Å². The first-order valence-corrected chi connectivity index (χ1v) is 11.5. The highest BCUT2D eigenvalue weighted by Gasteiger charge is 2.15. The van der Waals surface area contributed by atoms with Crippen molar-refractivity contribution in [1.29, 1.82) is 0 Å². The summed E-state index contributed by atoms with van der Waals surface area (Å²) in [6, 6.07) is 3.33. The SMILES string of the molecule is O=C(O)CSc1c(OC(=O)CSc2c(SS)[nH]ccc2=S)[nH]ccc1=S. The number of aromatic nitrogens is 2. The quantitative estimate of drug-likeness (QED) is 0.147. The Morgan fingerprint density at radius 2 is 1.69 bits per heavy atom. The predicted octanol–water partition coefficient (Wildman–Crippen LogP) is 4.61. The topological polar surface area (TPSA) is 95.2 Å². The summed E-state index contributed by atoms with van der Waals surface area (Å²) in [5, 5.41) is 9.57. The number of pyridine rings is 2. The van der Waals surface area contributed by atoms with Crippen molar-refractivity contribution in [2.24, 2.45) is 0 Å². The lowest BCUT2D eigenvalue weighted by atomic mass is 10.5. The summed E-state index contributed by atoms with van der Waals surface area (Å²) < 4.78 is 6.34. The van der Waals surface area contributed by atoms with Crippen LogP contribution in [-0.4, -0.2) is 38.5 Å². The third kappa shape index (κ3) is 6.06. The number of aromatic amines is 2. The van der Waals surface area contributed by atoms with Crippen LogP contribution in [0.3, 0.4) is 0 Å². The lowest BCUT2D eigenvalue weighted by Crippen LogP contribution is -2.13. The van der Waals surface area contributed by atoms with Gasteiger partial charge in [-0.2, -0.15) is 0 Å². The first-order valence-electron chi connectivity index (χ1n) is 6.85. The molecule has 2 aromatic heterocycles. The molecular weight excluding hydrogens is 453 g/mol. The Hall–Kier alpha value is -0.920. The Balaban J connectivity index is 2.09. The zero-order valence-corrected chi connectivity index (χ0v) is 17.9. The van der Waals surface area contributed by atoms with Crippen LogP contribution in [0.5, 0.6) is 5.88 Å². The van der Waals surface area contributed by atoms with E-state index in [9.17, 15) is 9.59 Å². The normalized spacial score (nSPS) is 10.5. The van der Waals surface area contributed by atoms with Gasteiger partial charge in [0.25, 0.3) is 0 Å². The van der Waals surface area contributed by atoms with Crippen LogP contribution in [-0.2, 0) is 9.59 Å². The van der Waals surface area contributed by atoms with E-state index in [1.165, 1.54) is 28.8 Å². The Bertz CT molecular complexity index is 926. The summed E-state index contributed by atoms with van der Waals surface area (Å²) in [5.74, 6) is -1.55. The standard InChI is InChI=1S/C14H12N2O4S6/c17-9(18)5-24-11-7(21)1-3-15-13(11)20-10(19)6-25-12-8(22)2-4-16-14(12)26-23/h1-4,23H,5-6H2,(H,15,21)(H,16,22)(H,17,18). The molecule has 0 aliphatic heterocycles. The molecule has 0 amide bonds. The third-order valence-corrected chi connectivity index (χ3v) is 7.04. The fraction of sp³-hybridized carbons (Fsp3) is 0.143. The summed E-state index contributed by atoms with van der Waals surface area (Å²) in [5.41, 5.74) is 0. The molecule has 6 nitrogen and oxygen atoms in total. The van der Waals surface area contributed by atoms with Gasteiger partial charge in [0.05, 0.1) is 35.3 Å². The number of carboxylic acids is 1. The summed E-state index contributed by atoms with van der Waals surface area (Å²) in [6.07, 6.45) is 3.24. The van der Waals surface area contributed by atoms with Crippen LogP contribution in [0.1, 0.15) is 0 Å². The van der Waals surface area contributed by atoms with Gasteiger partial charge < -0.3 is 19.8 Å². The minimum absolute atomic E-state index is 0.0152. The lowest BCUT2D eigenvalue weighted by molar-refractivity contribution is -0.134. The van der Waals surface area contributed by atoms with E-state index in [2.05, 4.69) is 21.6 Å². The van der Waals surface area contributed by atoms with Gasteiger partial charge in [-0.05, 0) is 22.9 Å². The van der Waals surface area contributed by atoms with Gasteiger partial charge >= 0.3 is 11.9 Å². The monoisotopic (exact) mass is 464 g/mol. The Morgan fingerprint density at radius 1 is 1.08 bits per heavy atom. The minimum atomic E-state index is -0.990. The number of H-pyrrole nitrogens is 2. The van der Waals surface area contributed by atoms with Crippen LogP contribution in [0.15, 0.2) is 39.3 Å². The number of hydrogen-bond acceptors (Lipinski definition) is 9. The van der Waals surface area contributed by atoms with Crippen LogP contribution in [0, 0.1) is 9.02 Å². The van der Waals surface area contributed by atoms with E-state index in [1.54, 1.807) is 18.3 Å². The van der Waals surface area contributed by atoms with Crippen molar-refractivity contribution in [2.75, 3.05) is 11.5 Å². The minimum Gasteiger partial charge on any atom is -0.481 e. The van der Waals surface area contributed by atoms with Crippen molar-refractivity contribution in [3.8, 4) is 5.88 Å². The second-order valence-corrected chi connectivity index (χ2v) is 8.53. The Labute approximate surface area is 176 Å². The molecule has 0 bridgehead atoms. The highest BCUT2D eigenvalue weighted by atomic mass is 33.1. The average molecular weight is 465 g/mol. The maximum absolute atomic E-state index is 12.2. The number of esters is 1. The number of aliphatic carboxylic acids is 1. The fourth-order valence-corrected chi connectivity index (χ4v) is 5.13. The number of ether oxygens (including phenoxy) is 1. The molecule has 0 atom stereocenters. The van der Waals surface area contributed by atoms with Crippen molar-refractivity contribution < 1.29 is 19.4 Å². The van der Waals surface area contributed by atoms with Gasteiger partial charge in [0, 0.05) is 12.4 Å². The highest BCUT2D eigenvalue weighted by molar-refractivity contribution is 8.68. The van der Waals surface area contributed by atoms with Crippen molar-refractivity contribution in [3.63, 3.8) is 0 Å². The van der Waals surface area contributed by atoms with Gasteiger partial charge in [-0.15, -0.1) is 35.2 Å². The highest BCUT2D eigenvalue weighted by Crippen LogP contribution is 2.33. The van der Waals surface area contributed by atoms with Gasteiger partial charge in [-0.1, -0.05) is 24.4 Å². The van der Waals surface area contributed by atoms with Crippen molar-refractivity contribution in [2.45, 2.75) is 14.8 Å². The molecule has 0 saturated carbocycles. The van der Waals surface area contributed by atoms with E-state index < -0.39 is 11.9 Å². The van der Waals surface area contributed by atoms with Crippen LogP contribution in [0.4, 0.5) is 0 Å². The number of thioether (sulfide) groups is 2. The van der Waals surface area contributed by atoms with E-state index in [4.69, 9.17) is 34.3 Å². The smallest absolute Gasteiger partial charge is 0.322 e. The molecule has 0 radical (unpaired) electrons. The average Bonchev–Trinajstić information content (AvgIpc) is 2.59. The second kappa shape index (κ2) is 10.4. The third-order valence-electron chi connectivity index (χ3n) is 2.74. The molecule has 0 spiro atoms. The predicted molar refractivity (Wildman–Crippen MR) is 113 cm³/mol. The molecule has 2 aromatic rings. The van der Waals surface area contributed by atoms with E-state index in [0.717, 1.165) is 21.7 Å². The van der Waals surface area contributed by atoms with Gasteiger partial charge in [0.15, 0.2) is 0 Å². The number of carboxylic acid groups (broad SMARTS) is 1. The molecule has 0 fully saturated rings. The van der Waals surface area contributed by atoms with Gasteiger partial charge in [-0.3, -0.25) is 9.59 Å². The van der Waals surface area contributed by atoms with E-state index in [-0.39, 0.29) is 17.4 Å². The largest absolute Gasteiger partial charge is 0.481 e. The van der Waals surface area contributed by atoms with Crippen molar-refractivity contribution >= 4 is 82.4 Å². The van der Waals surface area contributed by atoms with E-state index >= 15 is 0 Å². The Kier molecular flexibility index (Phi) is 8.57. The summed E-state index contributed by atoms with van der Waals surface area (Å²) in [7, 11) is 1.20. The van der Waals surface area contributed by atoms with Crippen molar-refractivity contribution in [1.82, 2.24) is 9.97 Å². The molecule has 0 aliphatic carbocycles. The summed E-state index contributed by atoms with van der Waals surface area (Å²) in [4.78, 5) is 29.9. The lowest BCUT2D eigenvalue weighted by Gasteiger charge is -2.10. The molecule has 0 unspecified atom stereocenters. The number of carbonyl (C=O) groups is 2. The number of nitrogens with one attached hydrogen (secondary N) is 2. The molecule has 2 heterocycles. The molecule has 0 aromatic carbocycles. The fourth-order valence-electron chi connectivity index (χ4n) is 1.72. The molecule has 3 N–H and O–H groups in total. The number of rotatable bonds is 8. The Morgan fingerprint density at radius 3 is 2.35 bits per heavy atom. The first kappa shape index (κ1) is 21.4. The van der Waals surface area contributed by atoms with Crippen molar-refractivity contribution in [3.05, 3.63) is 33.5 Å². The zero-order chi connectivity index (χ0) is 19.1. The maximum Gasteiger partial charge on any atom is 0.322 e. The van der Waals surface area contributed by atoms with Crippen LogP contribution < -0.4 is 4.74 Å². The molecule has 138 valence electrons. The van der Waals surface area contributed by atoms with Crippen LogP contribution in [0.2, 0.25) is 0 Å². The second-order valence-electron chi connectivity index (χ2n) is 4.54. The zero-order valence-electron chi connectivity index (χ0n) is 12.9. The van der Waals surface area contributed by atoms with E-state index in [1.807, 2.05) is 0 Å². The summed E-state index contributed by atoms with van der Waals surface area (Å²) >= 11 is 16.8. The van der Waals surface area contributed by atoms with E-state index in [0.29, 0.717) is 13.9 Å². The molecular formula is C14H12N2O4S6. The van der Waals surface area contributed by atoms with Gasteiger partial charge in [-0.25, -0.2) is 0 Å². The summed E-state index contributed by atoms with van der Waals surface area (Å²) in [6.45, 7) is 0. The van der Waals surface area contributed by atoms with Gasteiger partial charge in [0.1, 0.15) is 0 Å². The first-order chi connectivity index (χ1) is 12.4. The van der Waals surface area contributed by atoms with Crippen LogP contribution in [0.25, 0.3) is 0 Å². The number of thiol groups is 1. The molecule has 12 heteroatoms. The molecule has 2 rings (SSSR count).